The zero-order chi connectivity index (χ0) is 25.2. The molecule has 0 bridgehead atoms. The minimum Gasteiger partial charge on any atom is -0.339 e. The maximum Gasteiger partial charge on any atom is 0.269 e. The van der Waals surface area contributed by atoms with Gasteiger partial charge in [0, 0.05) is 42.8 Å². The largest absolute Gasteiger partial charge is 0.339 e. The van der Waals surface area contributed by atoms with Crippen molar-refractivity contribution in [3.05, 3.63) is 94.2 Å². The molecule has 36 heavy (non-hydrogen) atoms. The van der Waals surface area contributed by atoms with E-state index in [2.05, 4.69) is 10.4 Å². The average Bonchev–Trinajstić information content (AvgIpc) is 3.27. The fourth-order valence-corrected chi connectivity index (χ4v) is 4.66. The van der Waals surface area contributed by atoms with Gasteiger partial charge in [0.25, 0.3) is 11.6 Å². The molecule has 9 heteroatoms. The van der Waals surface area contributed by atoms with Crippen molar-refractivity contribution in [2.45, 2.75) is 19.8 Å². The number of hydrogen-bond donors (Lipinski definition) is 1. The maximum absolute atomic E-state index is 13.2. The quantitative estimate of drug-likeness (QED) is 0.326. The lowest BCUT2D eigenvalue weighted by Gasteiger charge is -2.31. The number of rotatable bonds is 5. The number of amides is 2. The van der Waals surface area contributed by atoms with Crippen molar-refractivity contribution in [2.24, 2.45) is 5.92 Å². The number of anilines is 1. The van der Waals surface area contributed by atoms with Gasteiger partial charge in [-0.25, -0.2) is 4.68 Å². The lowest BCUT2D eigenvalue weighted by molar-refractivity contribution is -0.384. The third-order valence-corrected chi connectivity index (χ3v) is 6.56. The number of hydrogen-bond acceptors (Lipinski definition) is 5. The molecule has 0 atom stereocenters. The van der Waals surface area contributed by atoms with Gasteiger partial charge >= 0.3 is 0 Å². The summed E-state index contributed by atoms with van der Waals surface area (Å²) in [5.41, 5.74) is 1.98. The van der Waals surface area contributed by atoms with E-state index in [1.165, 1.54) is 12.1 Å². The van der Waals surface area contributed by atoms with Crippen LogP contribution in [0, 0.1) is 23.0 Å². The lowest BCUT2D eigenvalue weighted by Crippen LogP contribution is -2.41. The molecule has 2 amide bonds. The van der Waals surface area contributed by atoms with E-state index in [0.29, 0.717) is 48.7 Å². The van der Waals surface area contributed by atoms with Gasteiger partial charge in [-0.1, -0.05) is 36.4 Å². The molecule has 0 aliphatic carbocycles. The van der Waals surface area contributed by atoms with Crippen LogP contribution in [0.15, 0.2) is 72.8 Å². The summed E-state index contributed by atoms with van der Waals surface area (Å²) in [5, 5.41) is 20.3. The van der Waals surface area contributed by atoms with E-state index in [1.807, 2.05) is 54.3 Å². The molecule has 9 nitrogen and oxygen atoms in total. The molecule has 1 fully saturated rings. The van der Waals surface area contributed by atoms with Gasteiger partial charge in [-0.2, -0.15) is 5.10 Å². The van der Waals surface area contributed by atoms with Crippen LogP contribution in [0.25, 0.3) is 16.5 Å². The summed E-state index contributed by atoms with van der Waals surface area (Å²) in [6, 6.07) is 21.3. The van der Waals surface area contributed by atoms with Gasteiger partial charge in [0.15, 0.2) is 0 Å². The summed E-state index contributed by atoms with van der Waals surface area (Å²) in [5.74, 6) is 0.121. The lowest BCUT2D eigenvalue weighted by atomic mass is 9.95. The van der Waals surface area contributed by atoms with Crippen LogP contribution in [0.5, 0.6) is 0 Å². The van der Waals surface area contributed by atoms with Gasteiger partial charge < -0.3 is 10.2 Å². The third-order valence-electron chi connectivity index (χ3n) is 6.56. The van der Waals surface area contributed by atoms with Crippen LogP contribution in [0.3, 0.4) is 0 Å². The highest BCUT2D eigenvalue weighted by Gasteiger charge is 2.29. The van der Waals surface area contributed by atoms with Crippen molar-refractivity contribution in [3.8, 4) is 5.69 Å². The molecule has 182 valence electrons. The van der Waals surface area contributed by atoms with Crippen molar-refractivity contribution >= 4 is 34.1 Å². The summed E-state index contributed by atoms with van der Waals surface area (Å²) in [4.78, 5) is 38.6. The molecule has 0 unspecified atom stereocenters. The predicted molar refractivity (Wildman–Crippen MR) is 136 cm³/mol. The monoisotopic (exact) mass is 483 g/mol. The Labute approximate surface area is 207 Å². The number of likely N-dealkylation sites (tertiary alicyclic amines) is 1. The van der Waals surface area contributed by atoms with Gasteiger partial charge in [-0.15, -0.1) is 0 Å². The van der Waals surface area contributed by atoms with Gasteiger partial charge in [0.1, 0.15) is 5.82 Å². The second-order valence-electron chi connectivity index (χ2n) is 8.94. The number of nitrogens with zero attached hydrogens (tertiary/aromatic N) is 4. The van der Waals surface area contributed by atoms with Crippen LogP contribution in [0.2, 0.25) is 0 Å². The molecule has 1 aromatic heterocycles. The first-order valence-corrected chi connectivity index (χ1v) is 11.8. The second-order valence-corrected chi connectivity index (χ2v) is 8.94. The Hall–Kier alpha value is -4.53. The summed E-state index contributed by atoms with van der Waals surface area (Å²) in [7, 11) is 0. The average molecular weight is 484 g/mol. The molecule has 0 saturated carbocycles. The number of benzene rings is 3. The number of piperidine rings is 1. The van der Waals surface area contributed by atoms with E-state index in [9.17, 15) is 19.7 Å². The van der Waals surface area contributed by atoms with Gasteiger partial charge in [-0.3, -0.25) is 19.7 Å². The van der Waals surface area contributed by atoms with Crippen LogP contribution >= 0.6 is 0 Å². The van der Waals surface area contributed by atoms with Gasteiger partial charge in [0.05, 0.1) is 16.3 Å². The molecule has 0 radical (unpaired) electrons. The number of aromatic nitrogens is 2. The van der Waals surface area contributed by atoms with Crippen molar-refractivity contribution in [3.63, 3.8) is 0 Å². The Bertz CT molecular complexity index is 1450. The highest BCUT2D eigenvalue weighted by Crippen LogP contribution is 2.26. The molecule has 1 aliphatic heterocycles. The number of nitro benzene ring substituents is 1. The van der Waals surface area contributed by atoms with Crippen LogP contribution < -0.4 is 5.32 Å². The van der Waals surface area contributed by atoms with Crippen LogP contribution in [-0.4, -0.2) is 44.5 Å². The van der Waals surface area contributed by atoms with E-state index in [-0.39, 0.29) is 23.4 Å². The van der Waals surface area contributed by atoms with Crippen molar-refractivity contribution in [1.82, 2.24) is 14.7 Å². The highest BCUT2D eigenvalue weighted by molar-refractivity contribution is 6.07. The summed E-state index contributed by atoms with van der Waals surface area (Å²) in [6.07, 6.45) is 1.12. The van der Waals surface area contributed by atoms with E-state index >= 15 is 0 Å². The zero-order valence-electron chi connectivity index (χ0n) is 19.8. The topological polar surface area (TPSA) is 110 Å². The normalized spacial score (nSPS) is 14.1. The molecule has 0 spiro atoms. The molecule has 1 N–H and O–H groups in total. The van der Waals surface area contributed by atoms with Crippen LogP contribution in [-0.2, 0) is 4.79 Å². The minimum absolute atomic E-state index is 0.0157. The summed E-state index contributed by atoms with van der Waals surface area (Å²) >= 11 is 0. The Balaban J connectivity index is 1.25. The number of non-ortho nitro benzene ring substituents is 1. The molecule has 5 rings (SSSR count). The standard InChI is InChI=1S/C27H25N5O4/c1-18-17-25(31(29-18)21-9-11-22(12-10-21)32(35)36)28-26(33)20-13-15-30(16-14-20)27(34)24-8-4-6-19-5-2-3-7-23(19)24/h2-12,17,20H,13-16H2,1H3,(H,28,33). The molecular formula is C27H25N5O4. The van der Waals surface area contributed by atoms with Gasteiger partial charge in [-0.05, 0) is 48.7 Å². The summed E-state index contributed by atoms with van der Waals surface area (Å²) in [6.45, 7) is 2.82. The smallest absolute Gasteiger partial charge is 0.269 e. The highest BCUT2D eigenvalue weighted by atomic mass is 16.6. The fraction of sp³-hybridized carbons (Fsp3) is 0.222. The summed E-state index contributed by atoms with van der Waals surface area (Å²) < 4.78 is 1.57. The minimum atomic E-state index is -0.460. The Kier molecular flexibility index (Phi) is 6.20. The van der Waals surface area contributed by atoms with Gasteiger partial charge in [0.2, 0.25) is 5.91 Å². The molecular weight excluding hydrogens is 458 g/mol. The van der Waals surface area contributed by atoms with Crippen molar-refractivity contribution < 1.29 is 14.5 Å². The van der Waals surface area contributed by atoms with E-state index in [1.54, 1.807) is 22.9 Å². The molecule has 4 aromatic rings. The van der Waals surface area contributed by atoms with E-state index in [0.717, 1.165) is 10.8 Å². The SMILES string of the molecule is Cc1cc(NC(=O)C2CCN(C(=O)c3cccc4ccccc34)CC2)n(-c2ccc([N+](=O)[O-])cc2)n1. The van der Waals surface area contributed by atoms with Crippen LogP contribution in [0.1, 0.15) is 28.9 Å². The number of aryl methyl sites for hydroxylation is 1. The Morgan fingerprint density at radius 2 is 1.69 bits per heavy atom. The molecule has 1 aliphatic rings. The number of carbonyl (C=O) groups is 2. The first-order valence-electron chi connectivity index (χ1n) is 11.8. The van der Waals surface area contributed by atoms with Crippen molar-refractivity contribution in [2.75, 3.05) is 18.4 Å². The molecule has 2 heterocycles. The second kappa shape index (κ2) is 9.61. The molecule has 3 aromatic carbocycles. The predicted octanol–water partition coefficient (Wildman–Crippen LogP) is 4.73. The third kappa shape index (κ3) is 4.55. The molecule has 1 saturated heterocycles. The van der Waals surface area contributed by atoms with E-state index < -0.39 is 4.92 Å². The fourth-order valence-electron chi connectivity index (χ4n) is 4.66. The number of fused-ring (bicyclic) bond motifs is 1. The number of nitro groups is 1. The number of carbonyl (C=O) groups excluding carboxylic acids is 2. The first kappa shape index (κ1) is 23.2. The first-order chi connectivity index (χ1) is 17.4. The maximum atomic E-state index is 13.2. The van der Waals surface area contributed by atoms with E-state index in [4.69, 9.17) is 0 Å². The Morgan fingerprint density at radius 3 is 2.42 bits per heavy atom. The Morgan fingerprint density at radius 1 is 1.00 bits per heavy atom. The number of nitrogens with one attached hydrogen (secondary N) is 1. The van der Waals surface area contributed by atoms with Crippen molar-refractivity contribution in [1.29, 1.82) is 0 Å². The van der Waals surface area contributed by atoms with Crippen LogP contribution in [0.4, 0.5) is 11.5 Å². The zero-order valence-corrected chi connectivity index (χ0v) is 19.8.